The van der Waals surface area contributed by atoms with Crippen LogP contribution < -0.4 is 14.7 Å². The van der Waals surface area contributed by atoms with E-state index in [0.717, 1.165) is 4.90 Å². The minimum atomic E-state index is -3.38. The van der Waals surface area contributed by atoms with Crippen molar-refractivity contribution in [2.24, 2.45) is 17.7 Å². The van der Waals surface area contributed by atoms with E-state index in [1.807, 2.05) is 11.8 Å². The van der Waals surface area contributed by atoms with E-state index in [1.165, 1.54) is 16.7 Å². The standard InChI is InChI=1S/3C17H22N6O/c3*1-11-5-6-23(15(24)8-18-3)9-14(11)22(4)17-13-7-12(2)21-16(13)19-10-20-17/h3*7,10-11,14H,5-6,8-9H2,1-2,4H3,(H,19,20,21)/t3*11-,14+/m111/s1/i1D3,4D3,7D,8D2,10D,11D,14D;1D3,7D,8D2,10D;7D,8D2,10D. The Hall–Kier alpha value is -7.86. The quantitative estimate of drug-likeness (QED) is 0.152. The molecule has 0 saturated carbocycles. The molecule has 3 amide bonds. The number of amides is 3. The van der Waals surface area contributed by atoms with Gasteiger partial charge in [0, 0.05) is 91.1 Å². The van der Waals surface area contributed by atoms with Crippen molar-refractivity contribution in [1.29, 1.82) is 0 Å². The third kappa shape index (κ3) is 11.5. The Kier molecular flexibility index (Phi) is 9.38. The summed E-state index contributed by atoms with van der Waals surface area (Å²) in [7, 11) is 3.37. The number of aromatic amines is 3. The number of H-pyrrole nitrogens is 3. The van der Waals surface area contributed by atoms with E-state index >= 15 is 0 Å². The Bertz CT molecular complexity index is 4100. The molecule has 21 heteroatoms. The van der Waals surface area contributed by atoms with Crippen molar-refractivity contribution in [1.82, 2.24) is 59.6 Å². The first kappa shape index (κ1) is 29.5. The summed E-state index contributed by atoms with van der Waals surface area (Å²) in [5.74, 6) is -6.89. The second-order valence-corrected chi connectivity index (χ2v) is 17.2. The van der Waals surface area contributed by atoms with Gasteiger partial charge in [0.05, 0.1) is 39.7 Å². The molecule has 3 N–H and O–H groups in total. The second-order valence-electron chi connectivity index (χ2n) is 17.2. The van der Waals surface area contributed by atoms with Crippen molar-refractivity contribution in [3.8, 4) is 0 Å². The fourth-order valence-electron chi connectivity index (χ4n) is 8.67. The molecule has 3 saturated heterocycles. The van der Waals surface area contributed by atoms with Crippen LogP contribution in [0, 0.1) is 58.2 Å². The van der Waals surface area contributed by atoms with Gasteiger partial charge in [0.15, 0.2) is 0 Å². The van der Waals surface area contributed by atoms with E-state index in [4.69, 9.17) is 49.9 Å². The van der Waals surface area contributed by atoms with Crippen molar-refractivity contribution in [2.45, 2.75) is 78.8 Å². The van der Waals surface area contributed by atoms with E-state index in [1.54, 1.807) is 27.9 Å². The zero-order valence-corrected chi connectivity index (χ0v) is 40.1. The van der Waals surface area contributed by atoms with E-state index in [2.05, 4.69) is 59.4 Å². The van der Waals surface area contributed by atoms with Gasteiger partial charge in [0.25, 0.3) is 19.5 Å². The molecule has 6 aromatic heterocycles. The highest BCUT2D eigenvalue weighted by Gasteiger charge is 2.36. The molecule has 9 heterocycles. The third-order valence-electron chi connectivity index (χ3n) is 12.5. The summed E-state index contributed by atoms with van der Waals surface area (Å²) in [6.07, 6.45) is -1.23. The monoisotopic (exact) mass is 1000 g/mol. The third-order valence-corrected chi connectivity index (χ3v) is 12.5. The molecule has 0 unspecified atom stereocenters. The number of rotatable bonds is 9. The number of carbonyl (C=O) groups excluding carboxylic acids is 3. The molecule has 3 fully saturated rings. The lowest BCUT2D eigenvalue weighted by molar-refractivity contribution is -0.131. The lowest BCUT2D eigenvalue weighted by Gasteiger charge is -2.41. The molecule has 72 heavy (non-hydrogen) atoms. The van der Waals surface area contributed by atoms with E-state index < -0.39 is 113 Å². The Morgan fingerprint density at radius 3 is 1.43 bits per heavy atom. The number of piperidine rings is 3. The van der Waals surface area contributed by atoms with Crippen LogP contribution in [-0.4, -0.2) is 175 Å². The molecule has 0 aromatic carbocycles. The number of hydrogen-bond donors (Lipinski definition) is 3. The number of nitrogens with zero attached hydrogens (tertiary/aromatic N) is 15. The summed E-state index contributed by atoms with van der Waals surface area (Å²) >= 11 is 0. The van der Waals surface area contributed by atoms with Crippen molar-refractivity contribution < 1.29 is 45.9 Å². The van der Waals surface area contributed by atoms with Crippen molar-refractivity contribution >= 4 is 68.3 Å². The molecular formula is C51H66N18O3. The predicted molar refractivity (Wildman–Crippen MR) is 278 cm³/mol. The topological polar surface area (TPSA) is 208 Å². The fourth-order valence-corrected chi connectivity index (χ4v) is 8.67. The van der Waals surface area contributed by atoms with Gasteiger partial charge >= 0.3 is 17.7 Å². The fraction of sp³-hybridized carbons (Fsp3) is 0.529. The largest absolute Gasteiger partial charge is 0.354 e. The molecule has 6 aromatic rings. The summed E-state index contributed by atoms with van der Waals surface area (Å²) in [5, 5.41) is 0.613. The Morgan fingerprint density at radius 1 is 0.639 bits per heavy atom. The first-order valence-corrected chi connectivity index (χ1v) is 22.4. The molecule has 6 atom stereocenters. The number of fused-ring (bicyclic) bond motifs is 3. The maximum Gasteiger partial charge on any atom is 0.302 e. The van der Waals surface area contributed by atoms with Crippen LogP contribution in [0.15, 0.2) is 37.0 Å². The van der Waals surface area contributed by atoms with E-state index in [-0.39, 0.29) is 102 Å². The van der Waals surface area contributed by atoms with E-state index in [0.29, 0.717) is 51.5 Å². The van der Waals surface area contributed by atoms with Crippen LogP contribution in [0.1, 0.15) is 88.5 Å². The smallest absolute Gasteiger partial charge is 0.302 e. The number of carbonyl (C=O) groups is 3. The van der Waals surface area contributed by atoms with Gasteiger partial charge in [0.2, 0.25) is 0 Å². The van der Waals surface area contributed by atoms with Gasteiger partial charge in [-0.25, -0.2) is 49.6 Å². The minimum Gasteiger partial charge on any atom is -0.354 e. The van der Waals surface area contributed by atoms with Crippen LogP contribution in [0.3, 0.4) is 0 Å². The maximum absolute atomic E-state index is 12.7. The second kappa shape index (κ2) is 22.9. The number of hydrogen-bond acceptors (Lipinski definition) is 12. The van der Waals surface area contributed by atoms with Gasteiger partial charge in [-0.3, -0.25) is 14.4 Å². The van der Waals surface area contributed by atoms with Crippen LogP contribution in [0.2, 0.25) is 0 Å². The normalized spacial score (nSPS) is 28.7. The summed E-state index contributed by atoms with van der Waals surface area (Å²) in [6.45, 7) is 9.26. The number of nitrogens with one attached hydrogen (secondary N) is 3. The zero-order chi connectivity index (χ0) is 71.7. The van der Waals surface area contributed by atoms with Crippen molar-refractivity contribution in [2.75, 3.05) is 94.5 Å². The Balaban J connectivity index is 0.000000203. The average Bonchev–Trinajstić information content (AvgIpc) is 1.14. The highest BCUT2D eigenvalue weighted by molar-refractivity contribution is 5.90. The van der Waals surface area contributed by atoms with Crippen molar-refractivity contribution in [3.05, 3.63) is 88.4 Å². The molecule has 0 spiro atoms. The van der Waals surface area contributed by atoms with Crippen LogP contribution >= 0.6 is 0 Å². The van der Waals surface area contributed by atoms with Gasteiger partial charge in [-0.1, -0.05) is 20.6 Å². The Labute approximate surface area is 453 Å². The molecular weight excluding hydrogens is 913 g/mol. The van der Waals surface area contributed by atoms with E-state index in [9.17, 15) is 15.8 Å². The number of aromatic nitrogens is 9. The minimum absolute atomic E-state index is 0.0110. The van der Waals surface area contributed by atoms with Gasteiger partial charge in [-0.05, 0) is 75.9 Å². The molecule has 21 nitrogen and oxygen atoms in total. The number of anilines is 3. The number of aryl methyl sites for hydroxylation is 3. The molecule has 0 radical (unpaired) electrons. The summed E-state index contributed by atoms with van der Waals surface area (Å²) < 4.78 is 185. The molecule has 0 bridgehead atoms. The van der Waals surface area contributed by atoms with Crippen LogP contribution in [-0.2, 0) is 14.4 Å². The van der Waals surface area contributed by atoms with Crippen LogP contribution in [0.5, 0.6) is 0 Å². The first-order valence-electron chi connectivity index (χ1n) is 33.9. The summed E-state index contributed by atoms with van der Waals surface area (Å²) in [4.78, 5) is 85.3. The lowest BCUT2D eigenvalue weighted by atomic mass is 9.92. The number of likely N-dealkylation sites (tertiary alicyclic amines) is 3. The van der Waals surface area contributed by atoms with Gasteiger partial charge in [-0.15, -0.1) is 0 Å². The summed E-state index contributed by atoms with van der Waals surface area (Å²) in [6, 6.07) is -3.94. The van der Waals surface area contributed by atoms with Crippen molar-refractivity contribution in [3.63, 3.8) is 0 Å². The van der Waals surface area contributed by atoms with Gasteiger partial charge in [0.1, 0.15) is 65.6 Å². The van der Waals surface area contributed by atoms with Gasteiger partial charge in [-0.2, -0.15) is 0 Å². The molecule has 3 aliphatic heterocycles. The van der Waals surface area contributed by atoms with Crippen LogP contribution in [0.4, 0.5) is 17.5 Å². The zero-order valence-electron chi connectivity index (χ0n) is 63.1. The molecule has 9 rings (SSSR count). The average molecular weight is 1000 g/mol. The molecule has 3 aliphatic rings. The number of likely N-dealkylation sites (N-methyl/N-ethyl adjacent to an activating group) is 3. The Morgan fingerprint density at radius 2 is 1.03 bits per heavy atom. The van der Waals surface area contributed by atoms with Crippen LogP contribution in [0.25, 0.3) is 47.6 Å². The van der Waals surface area contributed by atoms with Gasteiger partial charge < -0.3 is 58.9 Å². The maximum atomic E-state index is 12.7. The highest BCUT2D eigenvalue weighted by Crippen LogP contribution is 2.32. The SMILES string of the molecule is [2H]c1nc(N(C([2H])([2H])[2H])[C@@]2([2H])CN(C(=O)C([2H])([2H])[N+]#[C-])CC[C@@]2([2H])C([2H])([2H])[2H])c2c([2H])c(C)[nH]c2n1.[2H]c1nc(N(C)[C@H]2CN(C(=O)C([2H])([2H])[N+]#[C-])CC[C@H]2C([2H])([2H])[2H])c2c([2H])c(C)[nH]c2n1.[2H]c1nc(N(C)[C@H]2CN(C(=O)C([2H])([2H])[N+]#[C-])CC[C@H]2C)c2c([2H])c(C)[nH]c2n1. The molecule has 378 valence electrons. The summed E-state index contributed by atoms with van der Waals surface area (Å²) in [5.41, 5.74) is 1.94. The lowest BCUT2D eigenvalue weighted by Crippen LogP contribution is -2.53. The predicted octanol–water partition coefficient (Wildman–Crippen LogP) is 5.58. The molecule has 0 aliphatic carbocycles. The highest BCUT2D eigenvalue weighted by atomic mass is 16.2. The first-order chi connectivity index (χ1) is 43.5.